The van der Waals surface area contributed by atoms with Crippen molar-refractivity contribution in [3.63, 3.8) is 0 Å². The Morgan fingerprint density at radius 2 is 1.21 bits per heavy atom. The number of benzene rings is 1. The third kappa shape index (κ3) is 26.3. The number of nitrogens with two attached hydrogens (primary N) is 2. The van der Waals surface area contributed by atoms with Gasteiger partial charge >= 0.3 is 20.8 Å². The Labute approximate surface area is 110 Å². The van der Waals surface area contributed by atoms with Gasteiger partial charge < -0.3 is 11.5 Å². The van der Waals surface area contributed by atoms with E-state index in [1.54, 1.807) is 6.07 Å². The fraction of sp³-hybridized carbons (Fsp3) is 0.143. The molecule has 0 amide bonds. The highest BCUT2D eigenvalue weighted by molar-refractivity contribution is 7.80. The fourth-order valence-corrected chi connectivity index (χ4v) is 0.699. The molecule has 0 unspecified atom stereocenters. The molecule has 12 heteroatoms. The van der Waals surface area contributed by atoms with Gasteiger partial charge in [-0.25, -0.2) is 0 Å². The molecule has 0 aliphatic carbocycles. The minimum atomic E-state index is -4.67. The summed E-state index contributed by atoms with van der Waals surface area (Å²) in [5, 5.41) is 0. The molecule has 1 aromatic carbocycles. The molecule has 0 heterocycles. The molecule has 0 fully saturated rings. The SMILES string of the molecule is Cc1cc(N)ccc1N.O=S(=O)(O)O.O=S(=O)(O)O. The van der Waals surface area contributed by atoms with Gasteiger partial charge in [-0.3, -0.25) is 18.2 Å². The summed E-state index contributed by atoms with van der Waals surface area (Å²) in [6.07, 6.45) is 0. The largest absolute Gasteiger partial charge is 0.399 e. The van der Waals surface area contributed by atoms with Gasteiger partial charge in [-0.2, -0.15) is 16.8 Å². The molecular weight excluding hydrogens is 304 g/mol. The highest BCUT2D eigenvalue weighted by Crippen LogP contribution is 2.12. The Kier molecular flexibility index (Phi) is 8.25. The van der Waals surface area contributed by atoms with Crippen LogP contribution in [-0.2, 0) is 20.8 Å². The predicted octanol–water partition coefficient (Wildman–Crippen LogP) is -0.146. The Morgan fingerprint density at radius 1 is 0.895 bits per heavy atom. The molecule has 0 aliphatic rings. The van der Waals surface area contributed by atoms with Crippen molar-refractivity contribution < 1.29 is 35.0 Å². The third-order valence-electron chi connectivity index (χ3n) is 1.29. The van der Waals surface area contributed by atoms with Gasteiger partial charge in [-0.05, 0) is 30.7 Å². The minimum Gasteiger partial charge on any atom is -0.399 e. The summed E-state index contributed by atoms with van der Waals surface area (Å²) < 4.78 is 63.2. The fourth-order valence-electron chi connectivity index (χ4n) is 0.699. The van der Waals surface area contributed by atoms with Crippen molar-refractivity contribution in [2.45, 2.75) is 6.92 Å². The summed E-state index contributed by atoms with van der Waals surface area (Å²) >= 11 is 0. The lowest BCUT2D eigenvalue weighted by atomic mass is 10.2. The number of rotatable bonds is 0. The average Bonchev–Trinajstić information content (AvgIpc) is 2.06. The molecule has 10 nitrogen and oxygen atoms in total. The maximum Gasteiger partial charge on any atom is 0.394 e. The minimum absolute atomic E-state index is 0.765. The first-order valence-corrected chi connectivity index (χ1v) is 7.01. The van der Waals surface area contributed by atoms with Gasteiger partial charge in [0.1, 0.15) is 0 Å². The molecule has 112 valence electrons. The first kappa shape index (κ1) is 19.9. The van der Waals surface area contributed by atoms with E-state index in [4.69, 9.17) is 46.5 Å². The van der Waals surface area contributed by atoms with E-state index >= 15 is 0 Å². The second-order valence-electron chi connectivity index (χ2n) is 3.01. The molecule has 1 rings (SSSR count). The van der Waals surface area contributed by atoms with Crippen LogP contribution in [0.5, 0.6) is 0 Å². The third-order valence-corrected chi connectivity index (χ3v) is 1.29. The van der Waals surface area contributed by atoms with Gasteiger partial charge in [0.25, 0.3) is 0 Å². The van der Waals surface area contributed by atoms with Crippen molar-refractivity contribution in [1.29, 1.82) is 0 Å². The lowest BCUT2D eigenvalue weighted by Gasteiger charge is -1.98. The van der Waals surface area contributed by atoms with Gasteiger partial charge in [-0.1, -0.05) is 0 Å². The van der Waals surface area contributed by atoms with Crippen LogP contribution in [0, 0.1) is 6.92 Å². The summed E-state index contributed by atoms with van der Waals surface area (Å²) in [5.74, 6) is 0. The van der Waals surface area contributed by atoms with Crippen LogP contribution in [0.15, 0.2) is 18.2 Å². The molecule has 0 saturated heterocycles. The second-order valence-corrected chi connectivity index (χ2v) is 4.80. The molecule has 0 aliphatic heterocycles. The maximum atomic E-state index is 8.74. The van der Waals surface area contributed by atoms with Gasteiger partial charge in [0, 0.05) is 11.4 Å². The van der Waals surface area contributed by atoms with Gasteiger partial charge in [0.15, 0.2) is 0 Å². The normalized spacial score (nSPS) is 10.6. The van der Waals surface area contributed by atoms with E-state index in [2.05, 4.69) is 0 Å². The van der Waals surface area contributed by atoms with Gasteiger partial charge in [0.2, 0.25) is 0 Å². The summed E-state index contributed by atoms with van der Waals surface area (Å²) in [5.41, 5.74) is 13.6. The van der Waals surface area contributed by atoms with Crippen LogP contribution in [0.4, 0.5) is 11.4 Å². The van der Waals surface area contributed by atoms with Crippen LogP contribution in [-0.4, -0.2) is 35.0 Å². The van der Waals surface area contributed by atoms with E-state index in [1.807, 2.05) is 19.1 Å². The van der Waals surface area contributed by atoms with E-state index in [9.17, 15) is 0 Å². The zero-order valence-electron chi connectivity index (χ0n) is 9.63. The Bertz CT molecular complexity index is 550. The lowest BCUT2D eigenvalue weighted by Crippen LogP contribution is -1.91. The smallest absolute Gasteiger partial charge is 0.394 e. The van der Waals surface area contributed by atoms with E-state index in [0.717, 1.165) is 16.9 Å². The summed E-state index contributed by atoms with van der Waals surface area (Å²) in [6.45, 7) is 1.94. The Balaban J connectivity index is 0. The molecule has 0 saturated carbocycles. The first-order chi connectivity index (χ1) is 8.20. The molecule has 19 heavy (non-hydrogen) atoms. The molecular formula is C7H14N2O8S2. The first-order valence-electron chi connectivity index (χ1n) is 4.21. The average molecular weight is 318 g/mol. The van der Waals surface area contributed by atoms with Crippen molar-refractivity contribution in [3.05, 3.63) is 23.8 Å². The lowest BCUT2D eigenvalue weighted by molar-refractivity contribution is 0.378. The van der Waals surface area contributed by atoms with E-state index in [-0.39, 0.29) is 0 Å². The van der Waals surface area contributed by atoms with Crippen molar-refractivity contribution in [2.24, 2.45) is 0 Å². The highest BCUT2D eigenvalue weighted by atomic mass is 32.3. The monoisotopic (exact) mass is 318 g/mol. The van der Waals surface area contributed by atoms with Crippen molar-refractivity contribution in [3.8, 4) is 0 Å². The second kappa shape index (κ2) is 7.88. The van der Waals surface area contributed by atoms with E-state index in [1.165, 1.54) is 0 Å². The van der Waals surface area contributed by atoms with Gasteiger partial charge in [-0.15, -0.1) is 0 Å². The summed E-state index contributed by atoms with van der Waals surface area (Å²) in [7, 11) is -9.33. The topological polar surface area (TPSA) is 201 Å². The quantitative estimate of drug-likeness (QED) is 0.276. The van der Waals surface area contributed by atoms with Gasteiger partial charge in [0.05, 0.1) is 0 Å². The number of hydrogen-bond donors (Lipinski definition) is 6. The highest BCUT2D eigenvalue weighted by Gasteiger charge is 1.90. The van der Waals surface area contributed by atoms with Crippen LogP contribution in [0.1, 0.15) is 5.56 Å². The molecule has 0 atom stereocenters. The molecule has 8 N–H and O–H groups in total. The number of hydrogen-bond acceptors (Lipinski definition) is 6. The number of aryl methyl sites for hydroxylation is 1. The number of anilines is 2. The Morgan fingerprint density at radius 3 is 1.42 bits per heavy atom. The summed E-state index contributed by atoms with van der Waals surface area (Å²) in [6, 6.07) is 5.46. The Hall–Kier alpha value is -1.44. The van der Waals surface area contributed by atoms with E-state index in [0.29, 0.717) is 0 Å². The standard InChI is InChI=1S/C7H10N2.2H2O4S/c1-5-4-6(8)2-3-7(5)9;2*1-5(2,3)4/h2-4H,8-9H2,1H3;2*(H2,1,2,3,4). The zero-order valence-corrected chi connectivity index (χ0v) is 11.3. The van der Waals surface area contributed by atoms with Crippen LogP contribution < -0.4 is 11.5 Å². The molecule has 0 bridgehead atoms. The van der Waals surface area contributed by atoms with Crippen LogP contribution in [0.2, 0.25) is 0 Å². The van der Waals surface area contributed by atoms with Crippen LogP contribution in [0.25, 0.3) is 0 Å². The van der Waals surface area contributed by atoms with Crippen molar-refractivity contribution in [2.75, 3.05) is 11.5 Å². The number of nitrogen functional groups attached to an aromatic ring is 2. The maximum absolute atomic E-state index is 8.74. The van der Waals surface area contributed by atoms with Crippen LogP contribution in [0.3, 0.4) is 0 Å². The summed E-state index contributed by atoms with van der Waals surface area (Å²) in [4.78, 5) is 0. The van der Waals surface area contributed by atoms with E-state index < -0.39 is 20.8 Å². The van der Waals surface area contributed by atoms with Crippen molar-refractivity contribution in [1.82, 2.24) is 0 Å². The molecule has 1 aromatic rings. The molecule has 0 spiro atoms. The molecule has 0 aromatic heterocycles. The van der Waals surface area contributed by atoms with Crippen LogP contribution >= 0.6 is 0 Å². The zero-order chi connectivity index (χ0) is 15.9. The predicted molar refractivity (Wildman–Crippen MR) is 68.4 cm³/mol. The van der Waals surface area contributed by atoms with Crippen molar-refractivity contribution >= 4 is 32.2 Å². The molecule has 0 radical (unpaired) electrons.